The SMILES string of the molecule is Nc1cccc(-c2ncc(C(=O)O)c(O)n2)c1. The average molecular weight is 231 g/mol. The van der Waals surface area contributed by atoms with Crippen LogP contribution in [0.4, 0.5) is 5.69 Å². The molecule has 2 rings (SSSR count). The van der Waals surface area contributed by atoms with Gasteiger partial charge < -0.3 is 15.9 Å². The minimum Gasteiger partial charge on any atom is -0.493 e. The van der Waals surface area contributed by atoms with E-state index in [4.69, 9.17) is 10.8 Å². The van der Waals surface area contributed by atoms with E-state index in [-0.39, 0.29) is 11.4 Å². The van der Waals surface area contributed by atoms with E-state index in [0.717, 1.165) is 6.20 Å². The van der Waals surface area contributed by atoms with Crippen LogP contribution in [0, 0.1) is 0 Å². The number of benzene rings is 1. The molecular formula is C11H9N3O3. The van der Waals surface area contributed by atoms with Gasteiger partial charge in [0, 0.05) is 17.4 Å². The van der Waals surface area contributed by atoms with Crippen molar-refractivity contribution in [1.29, 1.82) is 0 Å². The molecule has 0 aliphatic rings. The van der Waals surface area contributed by atoms with Crippen LogP contribution in [-0.2, 0) is 0 Å². The van der Waals surface area contributed by atoms with Crippen molar-refractivity contribution < 1.29 is 15.0 Å². The lowest BCUT2D eigenvalue weighted by molar-refractivity contribution is 0.0692. The quantitative estimate of drug-likeness (QED) is 0.668. The Morgan fingerprint density at radius 2 is 2.12 bits per heavy atom. The van der Waals surface area contributed by atoms with Crippen molar-refractivity contribution in [1.82, 2.24) is 9.97 Å². The Kier molecular flexibility index (Phi) is 2.61. The Balaban J connectivity index is 2.48. The van der Waals surface area contributed by atoms with Crippen molar-refractivity contribution in [2.75, 3.05) is 5.73 Å². The molecule has 0 fully saturated rings. The average Bonchev–Trinajstić information content (AvgIpc) is 2.28. The van der Waals surface area contributed by atoms with Gasteiger partial charge in [0.25, 0.3) is 0 Å². The summed E-state index contributed by atoms with van der Waals surface area (Å²) >= 11 is 0. The molecule has 0 atom stereocenters. The standard InChI is InChI=1S/C11H9N3O3/c12-7-3-1-2-6(4-7)9-13-5-8(11(16)17)10(15)14-9/h1-5H,12H2,(H,16,17)(H,13,14,15). The largest absolute Gasteiger partial charge is 0.493 e. The topological polar surface area (TPSA) is 109 Å². The summed E-state index contributed by atoms with van der Waals surface area (Å²) in [5, 5.41) is 18.1. The predicted molar refractivity (Wildman–Crippen MR) is 60.5 cm³/mol. The Morgan fingerprint density at radius 1 is 1.35 bits per heavy atom. The number of hydrogen-bond acceptors (Lipinski definition) is 5. The normalized spacial score (nSPS) is 10.1. The second-order valence-electron chi connectivity index (χ2n) is 3.36. The molecule has 0 aliphatic heterocycles. The fourth-order valence-electron chi connectivity index (χ4n) is 1.34. The number of carboxylic acids is 1. The molecule has 0 aliphatic carbocycles. The first-order chi connectivity index (χ1) is 8.08. The monoisotopic (exact) mass is 231 g/mol. The van der Waals surface area contributed by atoms with Crippen molar-refractivity contribution in [3.05, 3.63) is 36.0 Å². The summed E-state index contributed by atoms with van der Waals surface area (Å²) < 4.78 is 0. The van der Waals surface area contributed by atoms with Crippen LogP contribution in [0.15, 0.2) is 30.5 Å². The Hall–Kier alpha value is -2.63. The first-order valence-electron chi connectivity index (χ1n) is 4.73. The van der Waals surface area contributed by atoms with E-state index in [2.05, 4.69) is 9.97 Å². The van der Waals surface area contributed by atoms with Gasteiger partial charge in [-0.15, -0.1) is 0 Å². The second kappa shape index (κ2) is 4.09. The van der Waals surface area contributed by atoms with E-state index < -0.39 is 11.8 Å². The number of anilines is 1. The smallest absolute Gasteiger partial charge is 0.342 e. The van der Waals surface area contributed by atoms with Crippen LogP contribution in [0.3, 0.4) is 0 Å². The minimum absolute atomic E-state index is 0.222. The zero-order valence-electron chi connectivity index (χ0n) is 8.66. The highest BCUT2D eigenvalue weighted by Crippen LogP contribution is 2.21. The number of carbonyl (C=O) groups is 1. The molecule has 6 nitrogen and oxygen atoms in total. The Morgan fingerprint density at radius 3 is 2.71 bits per heavy atom. The third-order valence-electron chi connectivity index (χ3n) is 2.14. The Bertz CT molecular complexity index is 584. The number of rotatable bonds is 2. The first kappa shape index (κ1) is 10.9. The van der Waals surface area contributed by atoms with E-state index in [1.807, 2.05) is 0 Å². The number of aromatic nitrogens is 2. The van der Waals surface area contributed by atoms with Crippen LogP contribution in [-0.4, -0.2) is 26.2 Å². The Labute approximate surface area is 96.4 Å². The lowest BCUT2D eigenvalue weighted by atomic mass is 10.2. The molecule has 2 aromatic rings. The van der Waals surface area contributed by atoms with Crippen molar-refractivity contribution >= 4 is 11.7 Å². The molecular weight excluding hydrogens is 222 g/mol. The first-order valence-corrected chi connectivity index (χ1v) is 4.73. The van der Waals surface area contributed by atoms with Crippen molar-refractivity contribution in [2.24, 2.45) is 0 Å². The number of nitrogens with zero attached hydrogens (tertiary/aromatic N) is 2. The molecule has 0 saturated carbocycles. The van der Waals surface area contributed by atoms with E-state index in [9.17, 15) is 9.90 Å². The highest BCUT2D eigenvalue weighted by molar-refractivity contribution is 5.89. The molecule has 0 amide bonds. The van der Waals surface area contributed by atoms with Gasteiger partial charge in [-0.2, -0.15) is 4.98 Å². The molecule has 17 heavy (non-hydrogen) atoms. The molecule has 0 radical (unpaired) electrons. The molecule has 0 saturated heterocycles. The van der Waals surface area contributed by atoms with E-state index in [1.165, 1.54) is 0 Å². The van der Waals surface area contributed by atoms with Gasteiger partial charge in [0.05, 0.1) is 0 Å². The molecule has 0 spiro atoms. The van der Waals surface area contributed by atoms with Gasteiger partial charge in [-0.25, -0.2) is 9.78 Å². The molecule has 0 bridgehead atoms. The zero-order chi connectivity index (χ0) is 12.4. The summed E-state index contributed by atoms with van der Waals surface area (Å²) in [7, 11) is 0. The number of carboxylic acid groups (broad SMARTS) is 1. The highest BCUT2D eigenvalue weighted by Gasteiger charge is 2.13. The van der Waals surface area contributed by atoms with Crippen molar-refractivity contribution in [3.8, 4) is 17.3 Å². The molecule has 1 aromatic carbocycles. The van der Waals surface area contributed by atoms with Crippen LogP contribution >= 0.6 is 0 Å². The fourth-order valence-corrected chi connectivity index (χ4v) is 1.34. The zero-order valence-corrected chi connectivity index (χ0v) is 8.66. The second-order valence-corrected chi connectivity index (χ2v) is 3.36. The summed E-state index contributed by atoms with van der Waals surface area (Å²) in [6.45, 7) is 0. The van der Waals surface area contributed by atoms with Gasteiger partial charge in [0.1, 0.15) is 5.56 Å². The molecule has 86 valence electrons. The summed E-state index contributed by atoms with van der Waals surface area (Å²) in [5.41, 5.74) is 6.41. The van der Waals surface area contributed by atoms with Crippen LogP contribution in [0.25, 0.3) is 11.4 Å². The molecule has 6 heteroatoms. The summed E-state index contributed by atoms with van der Waals surface area (Å²) in [5.74, 6) is -1.62. The number of nitrogens with two attached hydrogens (primary N) is 1. The predicted octanol–water partition coefficient (Wildman–Crippen LogP) is 1.13. The number of nitrogen functional groups attached to an aromatic ring is 1. The van der Waals surface area contributed by atoms with Gasteiger partial charge in [0.2, 0.25) is 5.88 Å². The van der Waals surface area contributed by atoms with Gasteiger partial charge in [-0.1, -0.05) is 12.1 Å². The van der Waals surface area contributed by atoms with Gasteiger partial charge in [-0.05, 0) is 12.1 Å². The summed E-state index contributed by atoms with van der Waals surface area (Å²) in [6, 6.07) is 6.77. The maximum atomic E-state index is 10.7. The van der Waals surface area contributed by atoms with Gasteiger partial charge >= 0.3 is 5.97 Å². The summed E-state index contributed by atoms with van der Waals surface area (Å²) in [6.07, 6.45) is 1.06. The van der Waals surface area contributed by atoms with E-state index in [0.29, 0.717) is 11.3 Å². The summed E-state index contributed by atoms with van der Waals surface area (Å²) in [4.78, 5) is 18.2. The minimum atomic E-state index is -1.28. The number of hydrogen-bond donors (Lipinski definition) is 3. The van der Waals surface area contributed by atoms with Crippen LogP contribution in [0.2, 0.25) is 0 Å². The third kappa shape index (κ3) is 2.15. The fraction of sp³-hybridized carbons (Fsp3) is 0. The van der Waals surface area contributed by atoms with Gasteiger partial charge in [0.15, 0.2) is 5.82 Å². The van der Waals surface area contributed by atoms with Crippen molar-refractivity contribution in [2.45, 2.75) is 0 Å². The molecule has 4 N–H and O–H groups in total. The van der Waals surface area contributed by atoms with Gasteiger partial charge in [-0.3, -0.25) is 0 Å². The molecule has 0 unspecified atom stereocenters. The lowest BCUT2D eigenvalue weighted by Gasteiger charge is -2.03. The van der Waals surface area contributed by atoms with Crippen LogP contribution < -0.4 is 5.73 Å². The van der Waals surface area contributed by atoms with E-state index in [1.54, 1.807) is 24.3 Å². The van der Waals surface area contributed by atoms with Crippen LogP contribution in [0.5, 0.6) is 5.88 Å². The maximum Gasteiger partial charge on any atom is 0.342 e. The lowest BCUT2D eigenvalue weighted by Crippen LogP contribution is -2.01. The van der Waals surface area contributed by atoms with E-state index >= 15 is 0 Å². The number of aromatic carboxylic acids is 1. The highest BCUT2D eigenvalue weighted by atomic mass is 16.4. The van der Waals surface area contributed by atoms with Crippen LogP contribution in [0.1, 0.15) is 10.4 Å². The van der Waals surface area contributed by atoms with Crippen molar-refractivity contribution in [3.63, 3.8) is 0 Å². The molecule has 1 heterocycles. The molecule has 1 aromatic heterocycles. The third-order valence-corrected chi connectivity index (χ3v) is 2.14. The number of aromatic hydroxyl groups is 1. The maximum absolute atomic E-state index is 10.7.